The molecule has 0 spiro atoms. The molecule has 78 valence electrons. The van der Waals surface area contributed by atoms with Crippen LogP contribution >= 0.6 is 0 Å². The van der Waals surface area contributed by atoms with Crippen molar-refractivity contribution >= 4 is 0 Å². The molecule has 2 aliphatic rings. The summed E-state index contributed by atoms with van der Waals surface area (Å²) in [5.74, 6) is 0. The Morgan fingerprint density at radius 2 is 1.93 bits per heavy atom. The zero-order valence-electron chi connectivity index (χ0n) is 8.39. The SMILES string of the molecule is NC1(N)CC=CC2(c3ccccc3)OC12. The van der Waals surface area contributed by atoms with E-state index in [0.29, 0.717) is 6.42 Å². The fourth-order valence-corrected chi connectivity index (χ4v) is 2.36. The second-order valence-corrected chi connectivity index (χ2v) is 4.38. The molecule has 2 atom stereocenters. The van der Waals surface area contributed by atoms with Crippen molar-refractivity contribution in [2.75, 3.05) is 0 Å². The number of ether oxygens (including phenoxy) is 1. The lowest BCUT2D eigenvalue weighted by Crippen LogP contribution is -2.56. The van der Waals surface area contributed by atoms with E-state index >= 15 is 0 Å². The van der Waals surface area contributed by atoms with Gasteiger partial charge in [-0.3, -0.25) is 0 Å². The van der Waals surface area contributed by atoms with Crippen LogP contribution in [0.15, 0.2) is 42.5 Å². The fraction of sp³-hybridized carbons (Fsp3) is 0.333. The number of hydrogen-bond donors (Lipinski definition) is 2. The number of nitrogens with two attached hydrogens (primary N) is 2. The van der Waals surface area contributed by atoms with Gasteiger partial charge in [0.05, 0.1) is 5.66 Å². The van der Waals surface area contributed by atoms with Crippen LogP contribution in [0.4, 0.5) is 0 Å². The molecule has 0 aromatic heterocycles. The summed E-state index contributed by atoms with van der Waals surface area (Å²) in [6.45, 7) is 0. The van der Waals surface area contributed by atoms with E-state index in [9.17, 15) is 0 Å². The van der Waals surface area contributed by atoms with Crippen LogP contribution in [0.2, 0.25) is 0 Å². The first-order valence-corrected chi connectivity index (χ1v) is 5.14. The van der Waals surface area contributed by atoms with Crippen molar-refractivity contribution in [3.8, 4) is 0 Å². The summed E-state index contributed by atoms with van der Waals surface area (Å²) < 4.78 is 5.73. The summed E-state index contributed by atoms with van der Waals surface area (Å²) in [7, 11) is 0. The van der Waals surface area contributed by atoms with Gasteiger partial charge in [-0.1, -0.05) is 36.4 Å². The summed E-state index contributed by atoms with van der Waals surface area (Å²) in [6, 6.07) is 10.1. The van der Waals surface area contributed by atoms with E-state index in [1.807, 2.05) is 36.4 Å². The predicted molar refractivity (Wildman–Crippen MR) is 57.9 cm³/mol. The lowest BCUT2D eigenvalue weighted by molar-refractivity contribution is 0.281. The van der Waals surface area contributed by atoms with Gasteiger partial charge in [0.15, 0.2) is 0 Å². The molecule has 0 saturated carbocycles. The van der Waals surface area contributed by atoms with Crippen LogP contribution in [0.1, 0.15) is 12.0 Å². The van der Waals surface area contributed by atoms with E-state index in [1.54, 1.807) is 0 Å². The topological polar surface area (TPSA) is 64.6 Å². The van der Waals surface area contributed by atoms with Crippen LogP contribution in [0.3, 0.4) is 0 Å². The highest BCUT2D eigenvalue weighted by Gasteiger charge is 2.64. The van der Waals surface area contributed by atoms with Gasteiger partial charge >= 0.3 is 0 Å². The smallest absolute Gasteiger partial charge is 0.141 e. The molecular weight excluding hydrogens is 188 g/mol. The van der Waals surface area contributed by atoms with Crippen molar-refractivity contribution in [3.05, 3.63) is 48.0 Å². The predicted octanol–water partition coefficient (Wildman–Crippen LogP) is 0.854. The maximum absolute atomic E-state index is 5.99. The monoisotopic (exact) mass is 202 g/mol. The highest BCUT2D eigenvalue weighted by atomic mass is 16.6. The Hall–Kier alpha value is -1.16. The Kier molecular flexibility index (Phi) is 1.63. The Bertz CT molecular complexity index is 413. The number of epoxide rings is 1. The molecule has 1 aliphatic carbocycles. The van der Waals surface area contributed by atoms with E-state index in [0.717, 1.165) is 5.56 Å². The highest BCUT2D eigenvalue weighted by Crippen LogP contribution is 2.53. The van der Waals surface area contributed by atoms with Crippen molar-refractivity contribution in [3.63, 3.8) is 0 Å². The molecule has 1 fully saturated rings. The average Bonchev–Trinajstić information content (AvgIpc) is 2.96. The van der Waals surface area contributed by atoms with Crippen LogP contribution < -0.4 is 11.5 Å². The first-order chi connectivity index (χ1) is 7.15. The summed E-state index contributed by atoms with van der Waals surface area (Å²) in [5.41, 5.74) is 12.0. The molecule has 1 aromatic carbocycles. The molecule has 1 heterocycles. The van der Waals surface area contributed by atoms with Crippen molar-refractivity contribution in [1.82, 2.24) is 0 Å². The lowest BCUT2D eigenvalue weighted by atomic mass is 9.83. The minimum absolute atomic E-state index is 0.0857. The third-order valence-corrected chi connectivity index (χ3v) is 3.20. The van der Waals surface area contributed by atoms with Crippen LogP contribution in [0.25, 0.3) is 0 Å². The summed E-state index contributed by atoms with van der Waals surface area (Å²) >= 11 is 0. The van der Waals surface area contributed by atoms with Crippen molar-refractivity contribution < 1.29 is 4.74 Å². The molecule has 1 saturated heterocycles. The number of rotatable bonds is 1. The molecule has 15 heavy (non-hydrogen) atoms. The largest absolute Gasteiger partial charge is 0.353 e. The van der Waals surface area contributed by atoms with Gasteiger partial charge in [0.1, 0.15) is 11.7 Å². The van der Waals surface area contributed by atoms with E-state index in [1.165, 1.54) is 0 Å². The maximum atomic E-state index is 5.99. The minimum atomic E-state index is -0.732. The normalized spacial score (nSPS) is 36.0. The number of fused-ring (bicyclic) bond motifs is 1. The van der Waals surface area contributed by atoms with E-state index in [2.05, 4.69) is 6.08 Å². The second-order valence-electron chi connectivity index (χ2n) is 4.38. The minimum Gasteiger partial charge on any atom is -0.353 e. The summed E-state index contributed by atoms with van der Waals surface area (Å²) in [4.78, 5) is 0. The van der Waals surface area contributed by atoms with Crippen LogP contribution in [-0.2, 0) is 10.3 Å². The molecule has 0 radical (unpaired) electrons. The average molecular weight is 202 g/mol. The van der Waals surface area contributed by atoms with Gasteiger partial charge in [0.2, 0.25) is 0 Å². The molecule has 3 heteroatoms. The Morgan fingerprint density at radius 3 is 2.67 bits per heavy atom. The molecule has 1 aliphatic heterocycles. The van der Waals surface area contributed by atoms with E-state index in [4.69, 9.17) is 16.2 Å². The molecule has 0 amide bonds. The van der Waals surface area contributed by atoms with Gasteiger partial charge in [0, 0.05) is 0 Å². The molecule has 3 rings (SSSR count). The number of benzene rings is 1. The van der Waals surface area contributed by atoms with E-state index in [-0.39, 0.29) is 11.7 Å². The third kappa shape index (κ3) is 1.17. The van der Waals surface area contributed by atoms with Crippen molar-refractivity contribution in [2.24, 2.45) is 11.5 Å². The first-order valence-electron chi connectivity index (χ1n) is 5.14. The Balaban J connectivity index is 2.03. The second kappa shape index (κ2) is 2.70. The van der Waals surface area contributed by atoms with Crippen molar-refractivity contribution in [1.29, 1.82) is 0 Å². The molecule has 3 nitrogen and oxygen atoms in total. The van der Waals surface area contributed by atoms with E-state index < -0.39 is 5.66 Å². The first kappa shape index (κ1) is 9.09. The zero-order chi connectivity index (χ0) is 10.5. The van der Waals surface area contributed by atoms with Gasteiger partial charge in [-0.2, -0.15) is 0 Å². The molecular formula is C12H14N2O. The van der Waals surface area contributed by atoms with Gasteiger partial charge in [-0.15, -0.1) is 0 Å². The van der Waals surface area contributed by atoms with Crippen LogP contribution in [0.5, 0.6) is 0 Å². The molecule has 0 bridgehead atoms. The Labute approximate surface area is 88.7 Å². The van der Waals surface area contributed by atoms with Crippen LogP contribution in [0, 0.1) is 0 Å². The lowest BCUT2D eigenvalue weighted by Gasteiger charge is -2.26. The third-order valence-electron chi connectivity index (χ3n) is 3.20. The highest BCUT2D eigenvalue weighted by molar-refractivity contribution is 5.39. The summed E-state index contributed by atoms with van der Waals surface area (Å²) in [6.07, 6.45) is 4.67. The number of hydrogen-bond acceptors (Lipinski definition) is 3. The van der Waals surface area contributed by atoms with Crippen molar-refractivity contribution in [2.45, 2.75) is 23.8 Å². The Morgan fingerprint density at radius 1 is 1.20 bits per heavy atom. The molecule has 4 N–H and O–H groups in total. The fourth-order valence-electron chi connectivity index (χ4n) is 2.36. The maximum Gasteiger partial charge on any atom is 0.141 e. The summed E-state index contributed by atoms with van der Waals surface area (Å²) in [5, 5.41) is 0. The standard InChI is InChI=1S/C12H14N2O/c13-12(14)8-4-7-11(10(12)15-11)9-5-2-1-3-6-9/h1-7,10H,8,13-14H2. The molecule has 1 aromatic rings. The van der Waals surface area contributed by atoms with Gasteiger partial charge in [0.25, 0.3) is 0 Å². The molecule has 2 unspecified atom stereocenters. The van der Waals surface area contributed by atoms with Gasteiger partial charge < -0.3 is 16.2 Å². The zero-order valence-corrected chi connectivity index (χ0v) is 8.39. The quantitative estimate of drug-likeness (QED) is 0.403. The van der Waals surface area contributed by atoms with Gasteiger partial charge in [-0.25, -0.2) is 0 Å². The van der Waals surface area contributed by atoms with Crippen LogP contribution in [-0.4, -0.2) is 11.8 Å². The van der Waals surface area contributed by atoms with Gasteiger partial charge in [-0.05, 0) is 18.1 Å².